The fourth-order valence-corrected chi connectivity index (χ4v) is 3.65. The number of hydrogen-bond donors (Lipinski definition) is 0. The molecular formula is C16H28N2O. The Kier molecular flexibility index (Phi) is 4.42. The summed E-state index contributed by atoms with van der Waals surface area (Å²) in [7, 11) is 0. The van der Waals surface area contributed by atoms with Crippen molar-refractivity contribution in [2.24, 2.45) is 11.8 Å². The van der Waals surface area contributed by atoms with Gasteiger partial charge < -0.3 is 9.80 Å². The average Bonchev–Trinajstić information content (AvgIpc) is 3.27. The van der Waals surface area contributed by atoms with E-state index in [0.29, 0.717) is 11.8 Å². The lowest BCUT2D eigenvalue weighted by Gasteiger charge is -2.28. The summed E-state index contributed by atoms with van der Waals surface area (Å²) < 4.78 is 0. The van der Waals surface area contributed by atoms with Crippen molar-refractivity contribution in [3.63, 3.8) is 0 Å². The molecule has 3 heteroatoms. The van der Waals surface area contributed by atoms with Crippen LogP contribution in [0.5, 0.6) is 0 Å². The summed E-state index contributed by atoms with van der Waals surface area (Å²) in [5.41, 5.74) is 0. The van der Waals surface area contributed by atoms with Gasteiger partial charge >= 0.3 is 0 Å². The third kappa shape index (κ3) is 3.71. The van der Waals surface area contributed by atoms with E-state index in [1.54, 1.807) is 0 Å². The molecule has 0 aromatic carbocycles. The molecule has 2 saturated carbocycles. The molecule has 108 valence electrons. The van der Waals surface area contributed by atoms with E-state index in [-0.39, 0.29) is 0 Å². The van der Waals surface area contributed by atoms with E-state index in [9.17, 15) is 4.79 Å². The first-order valence-corrected chi connectivity index (χ1v) is 8.34. The van der Waals surface area contributed by atoms with Gasteiger partial charge in [-0.1, -0.05) is 19.3 Å². The first kappa shape index (κ1) is 13.4. The first-order valence-electron chi connectivity index (χ1n) is 8.34. The summed E-state index contributed by atoms with van der Waals surface area (Å²) in [4.78, 5) is 17.3. The largest absolute Gasteiger partial charge is 0.341 e. The lowest BCUT2D eigenvalue weighted by atomic mass is 9.88. The van der Waals surface area contributed by atoms with Crippen molar-refractivity contribution in [1.82, 2.24) is 9.80 Å². The zero-order valence-electron chi connectivity index (χ0n) is 12.1. The monoisotopic (exact) mass is 264 g/mol. The molecule has 0 atom stereocenters. The molecule has 1 saturated heterocycles. The highest BCUT2D eigenvalue weighted by atomic mass is 16.2. The van der Waals surface area contributed by atoms with Crippen LogP contribution in [0.15, 0.2) is 0 Å². The minimum atomic E-state index is 0.351. The SMILES string of the molecule is O=C(C1CCCCC1)N1CCCN(CC2CC2)CC1. The van der Waals surface area contributed by atoms with Gasteiger partial charge in [0.15, 0.2) is 0 Å². The van der Waals surface area contributed by atoms with Gasteiger partial charge in [0.05, 0.1) is 0 Å². The van der Waals surface area contributed by atoms with E-state index in [1.807, 2.05) is 0 Å². The Hall–Kier alpha value is -0.570. The maximum Gasteiger partial charge on any atom is 0.225 e. The van der Waals surface area contributed by atoms with E-state index in [1.165, 1.54) is 51.6 Å². The number of nitrogens with zero attached hydrogens (tertiary/aromatic N) is 2. The van der Waals surface area contributed by atoms with Crippen LogP contribution >= 0.6 is 0 Å². The third-order valence-electron chi connectivity index (χ3n) is 5.07. The summed E-state index contributed by atoms with van der Waals surface area (Å²) in [6, 6.07) is 0. The van der Waals surface area contributed by atoms with Gasteiger partial charge in [0.25, 0.3) is 0 Å². The molecule has 3 fully saturated rings. The van der Waals surface area contributed by atoms with Crippen LogP contribution in [0.1, 0.15) is 51.4 Å². The minimum Gasteiger partial charge on any atom is -0.341 e. The Balaban J connectivity index is 1.48. The number of hydrogen-bond acceptors (Lipinski definition) is 2. The number of amides is 1. The summed E-state index contributed by atoms with van der Waals surface area (Å²) in [6.45, 7) is 5.56. The highest BCUT2D eigenvalue weighted by Gasteiger charge is 2.29. The number of carbonyl (C=O) groups is 1. The van der Waals surface area contributed by atoms with Crippen LogP contribution in [0, 0.1) is 11.8 Å². The number of carbonyl (C=O) groups excluding carboxylic acids is 1. The maximum atomic E-state index is 12.6. The van der Waals surface area contributed by atoms with Gasteiger partial charge in [-0.15, -0.1) is 0 Å². The second-order valence-corrected chi connectivity index (χ2v) is 6.76. The summed E-state index contributed by atoms with van der Waals surface area (Å²) in [5, 5.41) is 0. The van der Waals surface area contributed by atoms with Gasteiger partial charge in [0.2, 0.25) is 5.91 Å². The van der Waals surface area contributed by atoms with Gasteiger partial charge in [-0.2, -0.15) is 0 Å². The van der Waals surface area contributed by atoms with Gasteiger partial charge in [-0.3, -0.25) is 4.79 Å². The summed E-state index contributed by atoms with van der Waals surface area (Å²) in [6.07, 6.45) is 10.2. The van der Waals surface area contributed by atoms with Crippen LogP contribution in [0.2, 0.25) is 0 Å². The van der Waals surface area contributed by atoms with Crippen LogP contribution in [0.4, 0.5) is 0 Å². The molecule has 3 rings (SSSR count). The second kappa shape index (κ2) is 6.25. The maximum absolute atomic E-state index is 12.6. The molecule has 0 aromatic heterocycles. The molecule has 1 heterocycles. The van der Waals surface area contributed by atoms with Crippen LogP contribution in [0.3, 0.4) is 0 Å². The predicted molar refractivity (Wildman–Crippen MR) is 76.9 cm³/mol. The molecule has 2 aliphatic carbocycles. The minimum absolute atomic E-state index is 0.351. The normalized spacial score (nSPS) is 27.3. The molecule has 0 unspecified atom stereocenters. The van der Waals surface area contributed by atoms with Crippen LogP contribution in [-0.2, 0) is 4.79 Å². The molecule has 0 aromatic rings. The van der Waals surface area contributed by atoms with E-state index in [0.717, 1.165) is 38.4 Å². The van der Waals surface area contributed by atoms with Crippen LogP contribution < -0.4 is 0 Å². The van der Waals surface area contributed by atoms with E-state index >= 15 is 0 Å². The quantitative estimate of drug-likeness (QED) is 0.782. The highest BCUT2D eigenvalue weighted by Crippen LogP contribution is 2.30. The first-order chi connectivity index (χ1) is 9.33. The molecule has 1 amide bonds. The third-order valence-corrected chi connectivity index (χ3v) is 5.07. The molecule has 0 radical (unpaired) electrons. The van der Waals surface area contributed by atoms with E-state index in [4.69, 9.17) is 0 Å². The summed E-state index contributed by atoms with van der Waals surface area (Å²) in [5.74, 6) is 1.79. The van der Waals surface area contributed by atoms with Crippen molar-refractivity contribution in [2.75, 3.05) is 32.7 Å². The summed E-state index contributed by atoms with van der Waals surface area (Å²) >= 11 is 0. The number of rotatable bonds is 3. The Labute approximate surface area is 117 Å². The fourth-order valence-electron chi connectivity index (χ4n) is 3.65. The average molecular weight is 264 g/mol. The molecule has 3 aliphatic rings. The standard InChI is InChI=1S/C16H28N2O/c19-16(15-5-2-1-3-6-15)18-10-4-9-17(11-12-18)13-14-7-8-14/h14-15H,1-13H2. The molecular weight excluding hydrogens is 236 g/mol. The van der Waals surface area contributed by atoms with Gasteiger partial charge in [-0.25, -0.2) is 0 Å². The van der Waals surface area contributed by atoms with Crippen molar-refractivity contribution in [1.29, 1.82) is 0 Å². The molecule has 19 heavy (non-hydrogen) atoms. The Morgan fingerprint density at radius 3 is 2.37 bits per heavy atom. The van der Waals surface area contributed by atoms with E-state index < -0.39 is 0 Å². The lowest BCUT2D eigenvalue weighted by Crippen LogP contribution is -2.39. The zero-order valence-corrected chi connectivity index (χ0v) is 12.1. The molecule has 0 spiro atoms. The Bertz CT molecular complexity index is 308. The highest BCUT2D eigenvalue weighted by molar-refractivity contribution is 5.79. The van der Waals surface area contributed by atoms with Crippen molar-refractivity contribution in [3.8, 4) is 0 Å². The van der Waals surface area contributed by atoms with Crippen LogP contribution in [0.25, 0.3) is 0 Å². The van der Waals surface area contributed by atoms with Gasteiger partial charge in [0.1, 0.15) is 0 Å². The van der Waals surface area contributed by atoms with Gasteiger partial charge in [0, 0.05) is 32.1 Å². The molecule has 0 N–H and O–H groups in total. The Morgan fingerprint density at radius 1 is 0.842 bits per heavy atom. The van der Waals surface area contributed by atoms with Crippen molar-refractivity contribution < 1.29 is 4.79 Å². The molecule has 1 aliphatic heterocycles. The van der Waals surface area contributed by atoms with Crippen LogP contribution in [-0.4, -0.2) is 48.4 Å². The molecule has 3 nitrogen and oxygen atoms in total. The smallest absolute Gasteiger partial charge is 0.225 e. The van der Waals surface area contributed by atoms with Crippen molar-refractivity contribution >= 4 is 5.91 Å². The predicted octanol–water partition coefficient (Wildman–Crippen LogP) is 2.51. The van der Waals surface area contributed by atoms with Crippen molar-refractivity contribution in [2.45, 2.75) is 51.4 Å². The lowest BCUT2D eigenvalue weighted by molar-refractivity contribution is -0.136. The fraction of sp³-hybridized carbons (Fsp3) is 0.938. The topological polar surface area (TPSA) is 23.6 Å². The second-order valence-electron chi connectivity index (χ2n) is 6.76. The van der Waals surface area contributed by atoms with Crippen molar-refractivity contribution in [3.05, 3.63) is 0 Å². The Morgan fingerprint density at radius 2 is 1.63 bits per heavy atom. The zero-order chi connectivity index (χ0) is 13.1. The van der Waals surface area contributed by atoms with E-state index in [2.05, 4.69) is 9.80 Å². The van der Waals surface area contributed by atoms with Gasteiger partial charge in [-0.05, 0) is 44.6 Å². The molecule has 0 bridgehead atoms.